The first-order valence-corrected chi connectivity index (χ1v) is 6.34. The lowest BCUT2D eigenvalue weighted by Crippen LogP contribution is -2.32. The molecule has 0 unspecified atom stereocenters. The molecule has 1 aromatic rings. The zero-order chi connectivity index (χ0) is 13.1. The number of carbonyl (C=O) groups is 1. The van der Waals surface area contributed by atoms with Crippen molar-refractivity contribution in [2.75, 3.05) is 13.1 Å². The molecule has 2 nitrogen and oxygen atoms in total. The quantitative estimate of drug-likeness (QED) is 0.726. The van der Waals surface area contributed by atoms with E-state index in [1.165, 1.54) is 6.07 Å². The second-order valence-electron chi connectivity index (χ2n) is 4.75. The molecule has 0 aliphatic heterocycles. The van der Waals surface area contributed by atoms with Gasteiger partial charge in [0.25, 0.3) is 0 Å². The van der Waals surface area contributed by atoms with Gasteiger partial charge in [-0.1, -0.05) is 6.92 Å². The van der Waals surface area contributed by atoms with E-state index in [0.717, 1.165) is 37.9 Å². The minimum Gasteiger partial charge on any atom is -0.293 e. The summed E-state index contributed by atoms with van der Waals surface area (Å²) in [6.45, 7) is 3.24. The Morgan fingerprint density at radius 1 is 1.33 bits per heavy atom. The van der Waals surface area contributed by atoms with Crippen LogP contribution in [0.2, 0.25) is 0 Å². The minimum atomic E-state index is -0.964. The molecule has 1 aliphatic rings. The first kappa shape index (κ1) is 13.1. The van der Waals surface area contributed by atoms with Crippen LogP contribution in [0, 0.1) is 11.6 Å². The van der Waals surface area contributed by atoms with Crippen LogP contribution < -0.4 is 0 Å². The average Bonchev–Trinajstić information content (AvgIpc) is 3.16. The molecule has 0 bridgehead atoms. The first-order chi connectivity index (χ1) is 8.61. The molecule has 0 spiro atoms. The Balaban J connectivity index is 2.03. The summed E-state index contributed by atoms with van der Waals surface area (Å²) in [5.41, 5.74) is 0.246. The number of Topliss-reactive ketones (excluding diaryl/α,β-unsaturated/α-hetero) is 1. The van der Waals surface area contributed by atoms with E-state index in [1.807, 2.05) is 0 Å². The van der Waals surface area contributed by atoms with Gasteiger partial charge in [-0.25, -0.2) is 8.78 Å². The van der Waals surface area contributed by atoms with E-state index < -0.39 is 11.6 Å². The fourth-order valence-electron chi connectivity index (χ4n) is 2.06. The van der Waals surface area contributed by atoms with Gasteiger partial charge in [0.05, 0.1) is 6.54 Å². The van der Waals surface area contributed by atoms with Gasteiger partial charge in [0.1, 0.15) is 0 Å². The lowest BCUT2D eigenvalue weighted by Gasteiger charge is -2.20. The largest absolute Gasteiger partial charge is 0.293 e. The molecule has 4 heteroatoms. The van der Waals surface area contributed by atoms with Crippen molar-refractivity contribution in [2.24, 2.45) is 0 Å². The highest BCUT2D eigenvalue weighted by Crippen LogP contribution is 2.27. The normalized spacial score (nSPS) is 15.1. The molecule has 1 fully saturated rings. The molecule has 98 valence electrons. The van der Waals surface area contributed by atoms with Crippen molar-refractivity contribution in [3.63, 3.8) is 0 Å². The van der Waals surface area contributed by atoms with E-state index in [2.05, 4.69) is 11.8 Å². The third-order valence-electron chi connectivity index (χ3n) is 3.16. The van der Waals surface area contributed by atoms with Gasteiger partial charge in [-0.3, -0.25) is 9.69 Å². The molecule has 18 heavy (non-hydrogen) atoms. The average molecular weight is 253 g/mol. The number of halogens is 2. The summed E-state index contributed by atoms with van der Waals surface area (Å²) in [5.74, 6) is -2.03. The Hall–Kier alpha value is -1.29. The van der Waals surface area contributed by atoms with Gasteiger partial charge in [0, 0.05) is 11.6 Å². The highest BCUT2D eigenvalue weighted by Gasteiger charge is 2.29. The number of carbonyl (C=O) groups excluding carboxylic acids is 1. The summed E-state index contributed by atoms with van der Waals surface area (Å²) < 4.78 is 25.8. The number of hydrogen-bond donors (Lipinski definition) is 0. The smallest absolute Gasteiger partial charge is 0.176 e. The van der Waals surface area contributed by atoms with Crippen LogP contribution in [0.3, 0.4) is 0 Å². The van der Waals surface area contributed by atoms with Gasteiger partial charge < -0.3 is 0 Å². The molecule has 0 aromatic heterocycles. The topological polar surface area (TPSA) is 20.3 Å². The van der Waals surface area contributed by atoms with Crippen molar-refractivity contribution >= 4 is 5.78 Å². The maximum Gasteiger partial charge on any atom is 0.176 e. The van der Waals surface area contributed by atoms with E-state index in [0.29, 0.717) is 12.6 Å². The standard InChI is InChI=1S/C14H17F2NO/c1-2-7-17(11-4-5-11)9-14(18)10-3-6-12(15)13(16)8-10/h3,6,8,11H,2,4-5,7,9H2,1H3. The lowest BCUT2D eigenvalue weighted by atomic mass is 10.1. The molecule has 1 aliphatic carbocycles. The van der Waals surface area contributed by atoms with Crippen molar-refractivity contribution in [1.82, 2.24) is 4.90 Å². The van der Waals surface area contributed by atoms with Gasteiger partial charge >= 0.3 is 0 Å². The van der Waals surface area contributed by atoms with Crippen molar-refractivity contribution < 1.29 is 13.6 Å². The van der Waals surface area contributed by atoms with Crippen LogP contribution in [0.5, 0.6) is 0 Å². The molecule has 0 atom stereocenters. The predicted octanol–water partition coefficient (Wildman–Crippen LogP) is 3.02. The Bertz CT molecular complexity index is 443. The Morgan fingerprint density at radius 3 is 2.61 bits per heavy atom. The van der Waals surface area contributed by atoms with E-state index >= 15 is 0 Å². The van der Waals surface area contributed by atoms with Crippen molar-refractivity contribution in [1.29, 1.82) is 0 Å². The maximum atomic E-state index is 13.1. The van der Waals surface area contributed by atoms with E-state index in [1.54, 1.807) is 0 Å². The van der Waals surface area contributed by atoms with Crippen LogP contribution in [0.15, 0.2) is 18.2 Å². The highest BCUT2D eigenvalue weighted by atomic mass is 19.2. The minimum absolute atomic E-state index is 0.144. The summed E-state index contributed by atoms with van der Waals surface area (Å²) >= 11 is 0. The SMILES string of the molecule is CCCN(CC(=O)c1ccc(F)c(F)c1)C1CC1. The Morgan fingerprint density at radius 2 is 2.06 bits per heavy atom. The van der Waals surface area contributed by atoms with Crippen LogP contribution in [0.1, 0.15) is 36.5 Å². The number of benzene rings is 1. The van der Waals surface area contributed by atoms with Gasteiger partial charge in [-0.2, -0.15) is 0 Å². The molecule has 1 aromatic carbocycles. The van der Waals surface area contributed by atoms with Crippen LogP contribution >= 0.6 is 0 Å². The monoisotopic (exact) mass is 253 g/mol. The van der Waals surface area contributed by atoms with E-state index in [-0.39, 0.29) is 11.3 Å². The fraction of sp³-hybridized carbons (Fsp3) is 0.500. The molecular weight excluding hydrogens is 236 g/mol. The second kappa shape index (κ2) is 5.57. The van der Waals surface area contributed by atoms with E-state index in [4.69, 9.17) is 0 Å². The van der Waals surface area contributed by atoms with Gasteiger partial charge in [0.15, 0.2) is 17.4 Å². The zero-order valence-corrected chi connectivity index (χ0v) is 10.5. The van der Waals surface area contributed by atoms with Crippen LogP contribution in [0.25, 0.3) is 0 Å². The summed E-state index contributed by atoms with van der Waals surface area (Å²) in [5, 5.41) is 0. The van der Waals surface area contributed by atoms with Gasteiger partial charge in [-0.05, 0) is 44.0 Å². The third kappa shape index (κ3) is 3.13. The molecule has 0 saturated heterocycles. The summed E-state index contributed by atoms with van der Waals surface area (Å²) in [6.07, 6.45) is 3.25. The maximum absolute atomic E-state index is 13.1. The first-order valence-electron chi connectivity index (χ1n) is 6.34. The molecule has 0 N–H and O–H groups in total. The Kier molecular flexibility index (Phi) is 4.07. The predicted molar refractivity (Wildman–Crippen MR) is 65.6 cm³/mol. The molecule has 0 amide bonds. The second-order valence-corrected chi connectivity index (χ2v) is 4.75. The molecule has 2 rings (SSSR count). The van der Waals surface area contributed by atoms with Crippen molar-refractivity contribution in [3.05, 3.63) is 35.4 Å². The molecule has 0 radical (unpaired) electrons. The van der Waals surface area contributed by atoms with Gasteiger partial charge in [-0.15, -0.1) is 0 Å². The molecule has 0 heterocycles. The highest BCUT2D eigenvalue weighted by molar-refractivity contribution is 5.97. The van der Waals surface area contributed by atoms with E-state index in [9.17, 15) is 13.6 Å². The van der Waals surface area contributed by atoms with Crippen LogP contribution in [-0.2, 0) is 0 Å². The Labute approximate surface area is 106 Å². The zero-order valence-electron chi connectivity index (χ0n) is 10.5. The van der Waals surface area contributed by atoms with Crippen molar-refractivity contribution in [3.8, 4) is 0 Å². The summed E-state index contributed by atoms with van der Waals surface area (Å²) in [4.78, 5) is 14.1. The van der Waals surface area contributed by atoms with Gasteiger partial charge in [0.2, 0.25) is 0 Å². The summed E-state index contributed by atoms with van der Waals surface area (Å²) in [7, 11) is 0. The lowest BCUT2D eigenvalue weighted by molar-refractivity contribution is 0.0924. The number of hydrogen-bond acceptors (Lipinski definition) is 2. The number of ketones is 1. The number of nitrogens with zero attached hydrogens (tertiary/aromatic N) is 1. The van der Waals surface area contributed by atoms with Crippen LogP contribution in [0.4, 0.5) is 8.78 Å². The fourth-order valence-corrected chi connectivity index (χ4v) is 2.06. The molecule has 1 saturated carbocycles. The van der Waals surface area contributed by atoms with Crippen molar-refractivity contribution in [2.45, 2.75) is 32.2 Å². The number of rotatable bonds is 6. The summed E-state index contributed by atoms with van der Waals surface area (Å²) in [6, 6.07) is 3.83. The van der Waals surface area contributed by atoms with Crippen LogP contribution in [-0.4, -0.2) is 29.8 Å². The third-order valence-corrected chi connectivity index (χ3v) is 3.16. The molecular formula is C14H17F2NO.